The number of amides is 2. The van der Waals surface area contributed by atoms with E-state index >= 15 is 0 Å². The van der Waals surface area contributed by atoms with Crippen molar-refractivity contribution < 1.29 is 14.3 Å². The van der Waals surface area contributed by atoms with Crippen molar-refractivity contribution >= 4 is 17.5 Å². The average molecular weight is 277 g/mol. The highest BCUT2D eigenvalue weighted by Crippen LogP contribution is 2.40. The first-order valence-corrected chi connectivity index (χ1v) is 6.58. The van der Waals surface area contributed by atoms with Gasteiger partial charge in [-0.1, -0.05) is 12.5 Å². The highest BCUT2D eigenvalue weighted by molar-refractivity contribution is 5.96. The van der Waals surface area contributed by atoms with E-state index in [0.29, 0.717) is 18.0 Å². The molecule has 2 amide bonds. The van der Waals surface area contributed by atoms with Crippen LogP contribution in [0.1, 0.15) is 19.3 Å². The van der Waals surface area contributed by atoms with E-state index in [1.807, 2.05) is 0 Å². The third-order valence-corrected chi connectivity index (χ3v) is 3.66. The van der Waals surface area contributed by atoms with Crippen LogP contribution in [-0.2, 0) is 9.59 Å². The monoisotopic (exact) mass is 277 g/mol. The molecule has 0 bridgehead atoms. The summed E-state index contributed by atoms with van der Waals surface area (Å²) < 4.78 is 5.19. The van der Waals surface area contributed by atoms with Crippen molar-refractivity contribution in [2.45, 2.75) is 19.3 Å². The van der Waals surface area contributed by atoms with Crippen molar-refractivity contribution in [1.29, 1.82) is 0 Å². The van der Waals surface area contributed by atoms with Crippen molar-refractivity contribution in [2.24, 2.45) is 16.9 Å². The summed E-state index contributed by atoms with van der Waals surface area (Å²) >= 11 is 0. The van der Waals surface area contributed by atoms with Gasteiger partial charge in [0.25, 0.3) is 5.91 Å². The fraction of sp³-hybridized carbons (Fsp3) is 0.429. The summed E-state index contributed by atoms with van der Waals surface area (Å²) in [6.07, 6.45) is 2.69. The maximum absolute atomic E-state index is 12.2. The lowest BCUT2D eigenvalue weighted by Gasteiger charge is -2.39. The van der Waals surface area contributed by atoms with Crippen LogP contribution < -0.4 is 21.5 Å². The normalized spacial score (nSPS) is 16.1. The van der Waals surface area contributed by atoms with E-state index in [1.165, 1.54) is 0 Å². The first-order valence-electron chi connectivity index (χ1n) is 6.58. The fourth-order valence-electron chi connectivity index (χ4n) is 2.21. The molecule has 108 valence electrons. The van der Waals surface area contributed by atoms with Gasteiger partial charge in [-0.05, 0) is 25.0 Å². The summed E-state index contributed by atoms with van der Waals surface area (Å²) in [5.74, 6) is -0.119. The second-order valence-electron chi connectivity index (χ2n) is 5.07. The van der Waals surface area contributed by atoms with Crippen molar-refractivity contribution in [3.8, 4) is 5.75 Å². The van der Waals surface area contributed by atoms with E-state index in [1.54, 1.807) is 24.3 Å². The van der Waals surface area contributed by atoms with E-state index < -0.39 is 11.3 Å². The molecule has 1 fully saturated rings. The molecule has 2 rings (SSSR count). The number of hydrogen-bond acceptors (Lipinski definition) is 4. The molecule has 20 heavy (non-hydrogen) atoms. The summed E-state index contributed by atoms with van der Waals surface area (Å²) in [5, 5.41) is 2.85. The summed E-state index contributed by atoms with van der Waals surface area (Å²) in [6.45, 7) is 0.167. The molecule has 0 aromatic heterocycles. The SMILES string of the molecule is NCC1(C(=O)Nc2cccc(OCC(N)=O)c2)CCC1. The maximum atomic E-state index is 12.2. The Morgan fingerprint density at radius 1 is 1.35 bits per heavy atom. The lowest BCUT2D eigenvalue weighted by Crippen LogP contribution is -2.47. The minimum atomic E-state index is -0.545. The van der Waals surface area contributed by atoms with Gasteiger partial charge >= 0.3 is 0 Å². The van der Waals surface area contributed by atoms with Crippen LogP contribution >= 0.6 is 0 Å². The Balaban J connectivity index is 2.00. The number of primary amides is 1. The molecule has 0 spiro atoms. The van der Waals surface area contributed by atoms with Crippen molar-refractivity contribution in [2.75, 3.05) is 18.5 Å². The Morgan fingerprint density at radius 3 is 2.65 bits per heavy atom. The molecule has 0 aliphatic heterocycles. The zero-order valence-electron chi connectivity index (χ0n) is 11.2. The van der Waals surface area contributed by atoms with Gasteiger partial charge in [0, 0.05) is 18.3 Å². The van der Waals surface area contributed by atoms with Gasteiger partial charge in [-0.25, -0.2) is 0 Å². The van der Waals surface area contributed by atoms with Crippen LogP contribution in [-0.4, -0.2) is 25.0 Å². The number of carbonyl (C=O) groups is 2. The second kappa shape index (κ2) is 5.92. The zero-order chi connectivity index (χ0) is 14.6. The summed E-state index contributed by atoms with van der Waals surface area (Å²) in [6, 6.07) is 6.85. The molecule has 5 N–H and O–H groups in total. The van der Waals surface area contributed by atoms with E-state index in [9.17, 15) is 9.59 Å². The first kappa shape index (κ1) is 14.3. The predicted octanol–water partition coefficient (Wildman–Crippen LogP) is 0.618. The summed E-state index contributed by atoms with van der Waals surface area (Å²) in [7, 11) is 0. The molecule has 0 unspecified atom stereocenters. The minimum absolute atomic E-state index is 0.0571. The molecule has 1 aliphatic rings. The van der Waals surface area contributed by atoms with Crippen LogP contribution in [0.4, 0.5) is 5.69 Å². The van der Waals surface area contributed by atoms with Crippen LogP contribution in [0.3, 0.4) is 0 Å². The van der Waals surface area contributed by atoms with Gasteiger partial charge < -0.3 is 21.5 Å². The van der Waals surface area contributed by atoms with Crippen molar-refractivity contribution in [3.05, 3.63) is 24.3 Å². The second-order valence-corrected chi connectivity index (χ2v) is 5.07. The van der Waals surface area contributed by atoms with Crippen LogP contribution in [0.5, 0.6) is 5.75 Å². The van der Waals surface area contributed by atoms with Crippen molar-refractivity contribution in [3.63, 3.8) is 0 Å². The molecule has 0 radical (unpaired) electrons. The van der Waals surface area contributed by atoms with E-state index in [4.69, 9.17) is 16.2 Å². The third kappa shape index (κ3) is 3.08. The Hall–Kier alpha value is -2.08. The van der Waals surface area contributed by atoms with Crippen LogP contribution in [0.2, 0.25) is 0 Å². The minimum Gasteiger partial charge on any atom is -0.484 e. The maximum Gasteiger partial charge on any atom is 0.255 e. The van der Waals surface area contributed by atoms with Gasteiger partial charge in [0.1, 0.15) is 5.75 Å². The van der Waals surface area contributed by atoms with Crippen LogP contribution in [0.15, 0.2) is 24.3 Å². The van der Waals surface area contributed by atoms with Gasteiger partial charge in [0.15, 0.2) is 6.61 Å². The molecular weight excluding hydrogens is 258 g/mol. The predicted molar refractivity (Wildman–Crippen MR) is 75.1 cm³/mol. The quantitative estimate of drug-likeness (QED) is 0.708. The molecule has 1 aromatic carbocycles. The van der Waals surface area contributed by atoms with Gasteiger partial charge in [-0.2, -0.15) is 0 Å². The zero-order valence-corrected chi connectivity index (χ0v) is 11.2. The third-order valence-electron chi connectivity index (χ3n) is 3.66. The molecule has 0 heterocycles. The number of ether oxygens (including phenoxy) is 1. The molecule has 0 atom stereocenters. The van der Waals surface area contributed by atoms with Crippen LogP contribution in [0.25, 0.3) is 0 Å². The number of nitrogens with two attached hydrogens (primary N) is 2. The lowest BCUT2D eigenvalue weighted by atomic mass is 9.68. The molecule has 1 aromatic rings. The number of carbonyl (C=O) groups excluding carboxylic acids is 2. The summed E-state index contributed by atoms with van der Waals surface area (Å²) in [4.78, 5) is 22.9. The Kier molecular flexibility index (Phi) is 4.24. The number of hydrogen-bond donors (Lipinski definition) is 3. The highest BCUT2D eigenvalue weighted by Gasteiger charge is 2.42. The molecular formula is C14H19N3O3. The highest BCUT2D eigenvalue weighted by atomic mass is 16.5. The van der Waals surface area contributed by atoms with Gasteiger partial charge in [0.2, 0.25) is 5.91 Å². The number of anilines is 1. The van der Waals surface area contributed by atoms with E-state index in [2.05, 4.69) is 5.32 Å². The topological polar surface area (TPSA) is 107 Å². The number of nitrogens with one attached hydrogen (secondary N) is 1. The number of rotatable bonds is 6. The van der Waals surface area contributed by atoms with Crippen LogP contribution in [0, 0.1) is 5.41 Å². The first-order chi connectivity index (χ1) is 9.55. The van der Waals surface area contributed by atoms with Crippen molar-refractivity contribution in [1.82, 2.24) is 0 Å². The number of benzene rings is 1. The molecule has 1 aliphatic carbocycles. The smallest absolute Gasteiger partial charge is 0.255 e. The summed E-state index contributed by atoms with van der Waals surface area (Å²) in [5.41, 5.74) is 10.9. The van der Waals surface area contributed by atoms with Gasteiger partial charge in [-0.15, -0.1) is 0 Å². The fourth-order valence-corrected chi connectivity index (χ4v) is 2.21. The molecule has 6 heteroatoms. The van der Waals surface area contributed by atoms with E-state index in [0.717, 1.165) is 19.3 Å². The largest absolute Gasteiger partial charge is 0.484 e. The molecule has 0 saturated heterocycles. The lowest BCUT2D eigenvalue weighted by molar-refractivity contribution is -0.129. The van der Waals surface area contributed by atoms with Gasteiger partial charge in [0.05, 0.1) is 5.41 Å². The molecule has 1 saturated carbocycles. The Labute approximate surface area is 117 Å². The standard InChI is InChI=1S/C14H19N3O3/c15-9-14(5-2-6-14)13(19)17-10-3-1-4-11(7-10)20-8-12(16)18/h1,3-4,7H,2,5-6,8-9,15H2,(H2,16,18)(H,17,19). The van der Waals surface area contributed by atoms with Gasteiger partial charge in [-0.3, -0.25) is 9.59 Å². The Morgan fingerprint density at radius 2 is 2.10 bits per heavy atom. The average Bonchev–Trinajstić information content (AvgIpc) is 2.36. The Bertz CT molecular complexity index is 507. The molecule has 6 nitrogen and oxygen atoms in total. The van der Waals surface area contributed by atoms with E-state index in [-0.39, 0.29) is 12.5 Å².